The molecule has 0 saturated carbocycles. The van der Waals surface area contributed by atoms with E-state index in [1.165, 1.54) is 0 Å². The van der Waals surface area contributed by atoms with Crippen molar-refractivity contribution in [3.05, 3.63) is 42.0 Å². The van der Waals surface area contributed by atoms with Crippen molar-refractivity contribution in [3.8, 4) is 0 Å². The van der Waals surface area contributed by atoms with Crippen LogP contribution in [-0.4, -0.2) is 4.98 Å². The first kappa shape index (κ1) is 6.97. The number of aromatic nitrogens is 1. The molecule has 1 radical (unpaired) electrons. The highest BCUT2D eigenvalue weighted by Gasteiger charge is 2.03. The lowest BCUT2D eigenvalue weighted by molar-refractivity contribution is 0.898. The molecule has 0 atom stereocenters. The van der Waals surface area contributed by atoms with Crippen LogP contribution in [0.2, 0.25) is 0 Å². The summed E-state index contributed by atoms with van der Waals surface area (Å²) in [6.45, 7) is 0. The third-order valence-corrected chi connectivity index (χ3v) is 1.52. The molecule has 0 fully saturated rings. The first-order valence-electron chi connectivity index (χ1n) is 3.65. The third kappa shape index (κ3) is 1.47. The van der Waals surface area contributed by atoms with Crippen molar-refractivity contribution >= 4 is 0 Å². The van der Waals surface area contributed by atoms with Gasteiger partial charge >= 0.3 is 0 Å². The average molecular weight is 159 g/mol. The van der Waals surface area contributed by atoms with E-state index in [-0.39, 0.29) is 0 Å². The summed E-state index contributed by atoms with van der Waals surface area (Å²) in [6.07, 6.45) is 4.11. The van der Waals surface area contributed by atoms with E-state index in [9.17, 15) is 0 Å². The summed E-state index contributed by atoms with van der Waals surface area (Å²) in [5.74, 6) is 0. The third-order valence-electron chi connectivity index (χ3n) is 1.52. The largest absolute Gasteiger partial charge is 0.261 e. The van der Waals surface area contributed by atoms with Crippen molar-refractivity contribution < 1.29 is 0 Å². The van der Waals surface area contributed by atoms with Crippen molar-refractivity contribution in [2.24, 2.45) is 10.3 Å². The molecule has 0 amide bonds. The molecule has 2 heterocycles. The minimum Gasteiger partial charge on any atom is -0.261 e. The second-order valence-corrected chi connectivity index (χ2v) is 2.42. The molecule has 0 bridgehead atoms. The summed E-state index contributed by atoms with van der Waals surface area (Å²) in [5.41, 5.74) is 5.47. The lowest BCUT2D eigenvalue weighted by Crippen LogP contribution is -1.89. The van der Waals surface area contributed by atoms with E-state index in [1.54, 1.807) is 12.4 Å². The first-order valence-corrected chi connectivity index (χ1v) is 3.65. The number of rotatable bonds is 2. The molecular weight excluding hydrogens is 152 g/mol. The molecule has 4 heteroatoms. The van der Waals surface area contributed by atoms with Gasteiger partial charge in [-0.3, -0.25) is 4.98 Å². The van der Waals surface area contributed by atoms with Crippen molar-refractivity contribution in [1.82, 2.24) is 10.4 Å². The highest BCUT2D eigenvalue weighted by Crippen LogP contribution is 2.09. The van der Waals surface area contributed by atoms with Gasteiger partial charge in [-0.25, -0.2) is 0 Å². The second-order valence-electron chi connectivity index (χ2n) is 2.42. The Labute approximate surface area is 70.0 Å². The molecule has 1 aliphatic rings. The number of hydrogen-bond donors (Lipinski definition) is 0. The fraction of sp³-hybridized carbons (Fsp3) is 0.125. The molecule has 0 aliphatic carbocycles. The molecule has 0 N–H and O–H groups in total. The van der Waals surface area contributed by atoms with Gasteiger partial charge in [-0.05, 0) is 17.4 Å². The van der Waals surface area contributed by atoms with E-state index in [1.807, 2.05) is 18.2 Å². The van der Waals surface area contributed by atoms with Gasteiger partial charge in [0.15, 0.2) is 0 Å². The van der Waals surface area contributed by atoms with Crippen LogP contribution in [0.3, 0.4) is 0 Å². The highest BCUT2D eigenvalue weighted by molar-refractivity contribution is 5.14. The second kappa shape index (κ2) is 3.13. The fourth-order valence-corrected chi connectivity index (χ4v) is 0.971. The lowest BCUT2D eigenvalue weighted by Gasteiger charge is -1.94. The van der Waals surface area contributed by atoms with Crippen molar-refractivity contribution in [1.29, 1.82) is 0 Å². The van der Waals surface area contributed by atoms with Crippen LogP contribution in [0.5, 0.6) is 0 Å². The Balaban J connectivity index is 2.09. The molecule has 0 unspecified atom stereocenters. The number of pyridine rings is 1. The number of nitrogens with zero attached hydrogens (tertiary/aromatic N) is 4. The highest BCUT2D eigenvalue weighted by atomic mass is 15.4. The molecule has 2 rings (SSSR count). The van der Waals surface area contributed by atoms with Crippen molar-refractivity contribution in [2.45, 2.75) is 6.42 Å². The van der Waals surface area contributed by atoms with Crippen LogP contribution in [0.25, 0.3) is 0 Å². The predicted molar refractivity (Wildman–Crippen MR) is 43.0 cm³/mol. The van der Waals surface area contributed by atoms with Crippen LogP contribution in [0.1, 0.15) is 5.69 Å². The van der Waals surface area contributed by atoms with E-state index in [0.29, 0.717) is 6.42 Å². The Bertz CT molecular complexity index is 315. The number of hydrogen-bond acceptors (Lipinski definition) is 3. The normalized spacial score (nSPS) is 14.2. The first-order chi connectivity index (χ1) is 5.95. The Morgan fingerprint density at radius 1 is 1.25 bits per heavy atom. The van der Waals surface area contributed by atoms with Gasteiger partial charge in [-0.2, -0.15) is 0 Å². The smallest absolute Gasteiger partial charge is 0.0909 e. The van der Waals surface area contributed by atoms with Crippen molar-refractivity contribution in [2.75, 3.05) is 0 Å². The molecule has 4 nitrogen and oxygen atoms in total. The molecule has 1 aromatic rings. The van der Waals surface area contributed by atoms with Gasteiger partial charge in [0, 0.05) is 18.3 Å². The van der Waals surface area contributed by atoms with E-state index < -0.39 is 0 Å². The molecule has 59 valence electrons. The minimum atomic E-state index is 0.702. The van der Waals surface area contributed by atoms with Gasteiger partial charge in [0.2, 0.25) is 0 Å². The molecule has 1 aromatic heterocycles. The maximum atomic E-state index is 4.16. The Morgan fingerprint density at radius 3 is 2.92 bits per heavy atom. The maximum absolute atomic E-state index is 4.16. The zero-order valence-electron chi connectivity index (χ0n) is 6.38. The van der Waals surface area contributed by atoms with Crippen molar-refractivity contribution in [3.63, 3.8) is 0 Å². The Hall–Kier alpha value is -1.71. The van der Waals surface area contributed by atoms with Crippen LogP contribution in [0, 0.1) is 0 Å². The minimum absolute atomic E-state index is 0.702. The van der Waals surface area contributed by atoms with Gasteiger partial charge in [0.25, 0.3) is 0 Å². The summed E-state index contributed by atoms with van der Waals surface area (Å²) >= 11 is 0. The summed E-state index contributed by atoms with van der Waals surface area (Å²) in [4.78, 5) is 4.16. The van der Waals surface area contributed by atoms with Gasteiger partial charge in [0.1, 0.15) is 0 Å². The number of allylic oxidation sites excluding steroid dienone is 1. The quantitative estimate of drug-likeness (QED) is 0.644. The molecule has 0 aromatic carbocycles. The molecule has 12 heavy (non-hydrogen) atoms. The molecular formula is C8H7N4. The van der Waals surface area contributed by atoms with Gasteiger partial charge in [0.05, 0.1) is 11.9 Å². The fourth-order valence-electron chi connectivity index (χ4n) is 0.971. The van der Waals surface area contributed by atoms with Gasteiger partial charge in [-0.15, -0.1) is 10.5 Å². The zero-order chi connectivity index (χ0) is 8.23. The topological polar surface area (TPSA) is 51.7 Å². The molecule has 0 spiro atoms. The zero-order valence-corrected chi connectivity index (χ0v) is 6.38. The average Bonchev–Trinajstić information content (AvgIpc) is 2.59. The predicted octanol–water partition coefficient (Wildman–Crippen LogP) is 1.45. The standard InChI is InChI=1S/C8H7N4/c1-2-4-9-7(3-1)5-8-6-10-12-11-8/h1-4,6H,5H2. The lowest BCUT2D eigenvalue weighted by atomic mass is 10.2. The van der Waals surface area contributed by atoms with E-state index in [2.05, 4.69) is 20.7 Å². The summed E-state index contributed by atoms with van der Waals surface area (Å²) in [7, 11) is 0. The molecule has 0 saturated heterocycles. The summed E-state index contributed by atoms with van der Waals surface area (Å²) in [5, 5.41) is 7.30. The van der Waals surface area contributed by atoms with Crippen LogP contribution in [0.15, 0.2) is 46.6 Å². The van der Waals surface area contributed by atoms with Crippen LogP contribution in [-0.2, 0) is 6.42 Å². The van der Waals surface area contributed by atoms with E-state index in [4.69, 9.17) is 0 Å². The van der Waals surface area contributed by atoms with E-state index in [0.717, 1.165) is 11.4 Å². The molecule has 1 aliphatic heterocycles. The van der Waals surface area contributed by atoms with Gasteiger partial charge in [-0.1, -0.05) is 6.07 Å². The SMILES string of the molecule is C1=C(Cc2ccccn2)N=N[N]1. The van der Waals surface area contributed by atoms with E-state index >= 15 is 0 Å². The summed E-state index contributed by atoms with van der Waals surface area (Å²) < 4.78 is 0. The monoisotopic (exact) mass is 159 g/mol. The Kier molecular flexibility index (Phi) is 1.82. The summed E-state index contributed by atoms with van der Waals surface area (Å²) in [6, 6.07) is 5.79. The van der Waals surface area contributed by atoms with Crippen LogP contribution >= 0.6 is 0 Å². The maximum Gasteiger partial charge on any atom is 0.0909 e. The van der Waals surface area contributed by atoms with Gasteiger partial charge < -0.3 is 0 Å². The Morgan fingerprint density at radius 2 is 2.25 bits per heavy atom. The van der Waals surface area contributed by atoms with Crippen LogP contribution < -0.4 is 5.43 Å². The van der Waals surface area contributed by atoms with Crippen LogP contribution in [0.4, 0.5) is 0 Å².